The van der Waals surface area contributed by atoms with Crippen molar-refractivity contribution < 1.29 is 22.9 Å². The predicted molar refractivity (Wildman–Crippen MR) is 185 cm³/mol. The molecular weight excluding hydrogens is 568 g/mol. The molecule has 1 saturated heterocycles. The summed E-state index contributed by atoms with van der Waals surface area (Å²) < 4.78 is 24.0. The third kappa shape index (κ3) is 11.7. The van der Waals surface area contributed by atoms with Crippen molar-refractivity contribution in [3.8, 4) is 0 Å². The molecule has 1 aliphatic heterocycles. The van der Waals surface area contributed by atoms with Gasteiger partial charge in [0, 0.05) is 49.6 Å². The number of ether oxygens (including phenoxy) is 1. The van der Waals surface area contributed by atoms with E-state index in [0.717, 1.165) is 64.3 Å². The van der Waals surface area contributed by atoms with Crippen molar-refractivity contribution in [2.24, 2.45) is 5.92 Å². The van der Waals surface area contributed by atoms with Crippen molar-refractivity contribution >= 4 is 8.80 Å². The lowest BCUT2D eigenvalue weighted by Crippen LogP contribution is -2.64. The first-order valence-electron chi connectivity index (χ1n) is 17.7. The second kappa shape index (κ2) is 19.1. The highest BCUT2D eigenvalue weighted by atomic mass is 28.4. The van der Waals surface area contributed by atoms with Crippen LogP contribution < -0.4 is 0 Å². The minimum atomic E-state index is -2.52. The molecule has 0 aromatic heterocycles. The molecule has 2 rings (SSSR count). The van der Waals surface area contributed by atoms with Crippen LogP contribution in [0, 0.1) is 5.92 Å². The Hall–Kier alpha value is -0.843. The lowest BCUT2D eigenvalue weighted by Gasteiger charge is -2.56. The molecule has 1 aromatic carbocycles. The van der Waals surface area contributed by atoms with Gasteiger partial charge >= 0.3 is 8.80 Å². The van der Waals surface area contributed by atoms with Crippen LogP contribution in [0.15, 0.2) is 24.3 Å². The van der Waals surface area contributed by atoms with Gasteiger partial charge < -0.3 is 22.9 Å². The Morgan fingerprint density at radius 2 is 1.32 bits per heavy atom. The number of unbranched alkanes of at least 4 members (excludes halogenated alkanes) is 3. The van der Waals surface area contributed by atoms with Crippen LogP contribution >= 0.6 is 0 Å². The molecule has 1 aliphatic rings. The number of benzene rings is 1. The molecule has 256 valence electrons. The van der Waals surface area contributed by atoms with E-state index in [2.05, 4.69) is 89.6 Å². The topological polar surface area (TPSA) is 52.6 Å². The molecule has 7 nitrogen and oxygen atoms in total. The summed E-state index contributed by atoms with van der Waals surface area (Å²) >= 11 is 0. The van der Waals surface area contributed by atoms with Crippen molar-refractivity contribution in [2.75, 3.05) is 39.5 Å². The van der Waals surface area contributed by atoms with E-state index in [0.29, 0.717) is 38.4 Å². The fraction of sp³-hybridized carbons (Fsp3) is 0.833. The maximum Gasteiger partial charge on any atom is 0.500 e. The SMILES string of the molecule is CCO[Si](CCCCCCOCc1ccc(C(ON2C(C)(C)CC(N(CC)CC)CC2(C)C)C(C)C)cc1)(OCC)OCC. The minimum absolute atomic E-state index is 0.00324. The van der Waals surface area contributed by atoms with Crippen LogP contribution in [0.2, 0.25) is 6.04 Å². The standard InChI is InChI=1S/C36H68N2O5Si/c1-12-37(13-2)33-27-35(8,9)38(36(10,11)28-33)43-34(30(6)7)32-23-21-31(22-24-32)29-39-25-19-17-18-20-26-44(40-14-3,41-15-4)42-16-5/h21-24,30,33-34H,12-20,25-29H2,1-11H3. The van der Waals surface area contributed by atoms with Gasteiger partial charge in [0.2, 0.25) is 0 Å². The summed E-state index contributed by atoms with van der Waals surface area (Å²) in [5.41, 5.74) is 2.32. The molecule has 1 atom stereocenters. The van der Waals surface area contributed by atoms with E-state index >= 15 is 0 Å². The molecular formula is C36H68N2O5Si. The zero-order valence-corrected chi connectivity index (χ0v) is 31.4. The van der Waals surface area contributed by atoms with Crippen LogP contribution in [0.1, 0.15) is 132 Å². The van der Waals surface area contributed by atoms with Crippen LogP contribution in [-0.4, -0.2) is 75.4 Å². The molecule has 0 spiro atoms. The maximum atomic E-state index is 6.97. The molecule has 1 fully saturated rings. The van der Waals surface area contributed by atoms with Crippen molar-refractivity contribution in [1.82, 2.24) is 9.96 Å². The van der Waals surface area contributed by atoms with Gasteiger partial charge in [-0.2, -0.15) is 5.06 Å². The van der Waals surface area contributed by atoms with E-state index in [1.165, 1.54) is 11.1 Å². The molecule has 1 unspecified atom stereocenters. The smallest absolute Gasteiger partial charge is 0.377 e. The van der Waals surface area contributed by atoms with E-state index < -0.39 is 8.80 Å². The van der Waals surface area contributed by atoms with E-state index in [1.54, 1.807) is 0 Å². The summed E-state index contributed by atoms with van der Waals surface area (Å²) in [6, 6.07) is 10.3. The Labute approximate surface area is 272 Å². The highest BCUT2D eigenvalue weighted by molar-refractivity contribution is 6.60. The lowest BCUT2D eigenvalue weighted by molar-refractivity contribution is -0.319. The Morgan fingerprint density at radius 3 is 1.80 bits per heavy atom. The Balaban J connectivity index is 1.86. The van der Waals surface area contributed by atoms with Gasteiger partial charge in [-0.1, -0.05) is 64.8 Å². The summed E-state index contributed by atoms with van der Waals surface area (Å²) in [5.74, 6) is 0.354. The Morgan fingerprint density at radius 1 is 0.795 bits per heavy atom. The van der Waals surface area contributed by atoms with E-state index in [1.807, 2.05) is 20.8 Å². The van der Waals surface area contributed by atoms with Crippen molar-refractivity contribution in [1.29, 1.82) is 0 Å². The van der Waals surface area contributed by atoms with Crippen LogP contribution in [0.4, 0.5) is 0 Å². The van der Waals surface area contributed by atoms with Crippen molar-refractivity contribution in [3.63, 3.8) is 0 Å². The van der Waals surface area contributed by atoms with Gasteiger partial charge in [-0.05, 0) is 104 Å². The maximum absolute atomic E-state index is 6.97. The van der Waals surface area contributed by atoms with Gasteiger partial charge in [0.1, 0.15) is 6.10 Å². The molecule has 1 aromatic rings. The number of nitrogens with zero attached hydrogens (tertiary/aromatic N) is 2. The minimum Gasteiger partial charge on any atom is -0.377 e. The highest BCUT2D eigenvalue weighted by Gasteiger charge is 2.48. The second-order valence-corrected chi connectivity index (χ2v) is 16.6. The van der Waals surface area contributed by atoms with Crippen LogP contribution in [0.25, 0.3) is 0 Å². The summed E-state index contributed by atoms with van der Waals surface area (Å²) in [6.07, 6.45) is 6.62. The van der Waals surface area contributed by atoms with Gasteiger partial charge in [0.15, 0.2) is 0 Å². The first-order chi connectivity index (χ1) is 20.9. The van der Waals surface area contributed by atoms with Gasteiger partial charge in [-0.15, -0.1) is 0 Å². The van der Waals surface area contributed by atoms with Gasteiger partial charge in [0.05, 0.1) is 6.61 Å². The lowest BCUT2D eigenvalue weighted by atomic mass is 9.78. The van der Waals surface area contributed by atoms with Crippen LogP contribution in [-0.2, 0) is 29.5 Å². The van der Waals surface area contributed by atoms with Crippen LogP contribution in [0.5, 0.6) is 0 Å². The van der Waals surface area contributed by atoms with Gasteiger partial charge in [-0.25, -0.2) is 0 Å². The number of rotatable bonds is 22. The Bertz CT molecular complexity index is 871. The van der Waals surface area contributed by atoms with E-state index in [-0.39, 0.29) is 17.2 Å². The molecule has 1 heterocycles. The van der Waals surface area contributed by atoms with Crippen LogP contribution in [0.3, 0.4) is 0 Å². The molecule has 0 amide bonds. The zero-order chi connectivity index (χ0) is 32.8. The molecule has 0 bridgehead atoms. The average molecular weight is 637 g/mol. The zero-order valence-electron chi connectivity index (χ0n) is 30.4. The summed E-state index contributed by atoms with van der Waals surface area (Å²) in [4.78, 5) is 9.59. The number of hydroxylamine groups is 2. The molecule has 0 aliphatic carbocycles. The van der Waals surface area contributed by atoms with Gasteiger partial charge in [0.25, 0.3) is 0 Å². The molecule has 0 N–H and O–H groups in total. The van der Waals surface area contributed by atoms with E-state index in [4.69, 9.17) is 22.9 Å². The fourth-order valence-electron chi connectivity index (χ4n) is 7.07. The fourth-order valence-corrected chi connectivity index (χ4v) is 9.75. The van der Waals surface area contributed by atoms with Gasteiger partial charge in [-0.3, -0.25) is 4.84 Å². The average Bonchev–Trinajstić information content (AvgIpc) is 2.95. The number of hydrogen-bond donors (Lipinski definition) is 0. The third-order valence-corrected chi connectivity index (χ3v) is 12.1. The molecule has 8 heteroatoms. The summed E-state index contributed by atoms with van der Waals surface area (Å²) in [6.45, 7) is 30.0. The number of piperidine rings is 1. The first kappa shape index (κ1) is 39.3. The number of hydrogen-bond acceptors (Lipinski definition) is 7. The van der Waals surface area contributed by atoms with E-state index in [9.17, 15) is 0 Å². The third-order valence-electron chi connectivity index (χ3n) is 8.91. The predicted octanol–water partition coefficient (Wildman–Crippen LogP) is 8.80. The largest absolute Gasteiger partial charge is 0.500 e. The monoisotopic (exact) mass is 636 g/mol. The molecule has 0 saturated carbocycles. The first-order valence-corrected chi connectivity index (χ1v) is 19.6. The normalized spacial score (nSPS) is 18.4. The quantitative estimate of drug-likeness (QED) is 0.0931. The summed E-state index contributed by atoms with van der Waals surface area (Å²) in [5, 5.41) is 2.33. The molecule has 0 radical (unpaired) electrons. The molecule has 44 heavy (non-hydrogen) atoms. The second-order valence-electron chi connectivity index (χ2n) is 13.9. The summed E-state index contributed by atoms with van der Waals surface area (Å²) in [7, 11) is -2.52. The van der Waals surface area contributed by atoms with Crippen molar-refractivity contribution in [3.05, 3.63) is 35.4 Å². The highest BCUT2D eigenvalue weighted by Crippen LogP contribution is 2.43. The van der Waals surface area contributed by atoms with Crippen molar-refractivity contribution in [2.45, 2.75) is 151 Å². The Kier molecular flexibility index (Phi) is 17.1.